The molecule has 3 aromatic rings. The quantitative estimate of drug-likeness (QED) is 0.730. The zero-order valence-corrected chi connectivity index (χ0v) is 12.2. The fourth-order valence-electron chi connectivity index (χ4n) is 1.93. The summed E-state index contributed by atoms with van der Waals surface area (Å²) in [4.78, 5) is 5.62. The molecule has 106 valence electrons. The van der Waals surface area contributed by atoms with Gasteiger partial charge in [-0.15, -0.1) is 11.8 Å². The molecule has 5 heteroatoms. The van der Waals surface area contributed by atoms with E-state index in [0.717, 1.165) is 11.1 Å². The van der Waals surface area contributed by atoms with E-state index in [2.05, 4.69) is 22.3 Å². The van der Waals surface area contributed by atoms with Crippen LogP contribution >= 0.6 is 11.8 Å². The Balaban J connectivity index is 1.71. The lowest BCUT2D eigenvalue weighted by Crippen LogP contribution is -1.95. The number of aromatic nitrogens is 2. The molecular formula is C16H15N3OS. The minimum Gasteiger partial charge on any atom is -0.334 e. The van der Waals surface area contributed by atoms with Crippen LogP contribution in [0.15, 0.2) is 64.0 Å². The average Bonchev–Trinajstić information content (AvgIpc) is 3.03. The van der Waals surface area contributed by atoms with E-state index in [0.29, 0.717) is 24.0 Å². The van der Waals surface area contributed by atoms with Gasteiger partial charge in [0.15, 0.2) is 5.82 Å². The topological polar surface area (TPSA) is 64.9 Å². The number of nitrogens with two attached hydrogens (primary N) is 1. The van der Waals surface area contributed by atoms with Crippen molar-refractivity contribution in [3.8, 4) is 11.5 Å². The molecule has 0 radical (unpaired) electrons. The van der Waals surface area contributed by atoms with Gasteiger partial charge in [-0.2, -0.15) is 4.98 Å². The van der Waals surface area contributed by atoms with Gasteiger partial charge in [-0.05, 0) is 29.8 Å². The normalized spacial score (nSPS) is 10.7. The van der Waals surface area contributed by atoms with E-state index in [1.807, 2.05) is 42.5 Å². The van der Waals surface area contributed by atoms with Crippen LogP contribution in [-0.2, 0) is 12.3 Å². The molecule has 2 N–H and O–H groups in total. The monoisotopic (exact) mass is 297 g/mol. The summed E-state index contributed by atoms with van der Waals surface area (Å²) in [6.07, 6.45) is 0. The van der Waals surface area contributed by atoms with Crippen molar-refractivity contribution in [3.63, 3.8) is 0 Å². The maximum atomic E-state index is 5.64. The van der Waals surface area contributed by atoms with Gasteiger partial charge in [0.05, 0.1) is 5.75 Å². The predicted octanol–water partition coefficient (Wildman–Crippen LogP) is 3.49. The van der Waals surface area contributed by atoms with Gasteiger partial charge in [-0.1, -0.05) is 35.5 Å². The molecule has 3 rings (SSSR count). The van der Waals surface area contributed by atoms with Crippen LogP contribution in [0.3, 0.4) is 0 Å². The molecule has 2 aromatic carbocycles. The zero-order valence-electron chi connectivity index (χ0n) is 11.4. The fraction of sp³-hybridized carbons (Fsp3) is 0.125. The van der Waals surface area contributed by atoms with Crippen LogP contribution in [0.2, 0.25) is 0 Å². The summed E-state index contributed by atoms with van der Waals surface area (Å²) in [7, 11) is 0. The maximum Gasteiger partial charge on any atom is 0.257 e. The first-order chi connectivity index (χ1) is 10.3. The molecule has 1 heterocycles. The van der Waals surface area contributed by atoms with Crippen LogP contribution in [0, 0.1) is 0 Å². The number of nitrogens with zero attached hydrogens (tertiary/aromatic N) is 2. The van der Waals surface area contributed by atoms with Crippen LogP contribution in [0.4, 0.5) is 0 Å². The zero-order chi connectivity index (χ0) is 14.5. The molecule has 0 aliphatic carbocycles. The van der Waals surface area contributed by atoms with Gasteiger partial charge in [0.2, 0.25) is 0 Å². The first-order valence-corrected chi connectivity index (χ1v) is 7.63. The second-order valence-electron chi connectivity index (χ2n) is 4.52. The van der Waals surface area contributed by atoms with Gasteiger partial charge in [0.25, 0.3) is 5.89 Å². The summed E-state index contributed by atoms with van der Waals surface area (Å²) < 4.78 is 5.32. The predicted molar refractivity (Wildman–Crippen MR) is 83.6 cm³/mol. The van der Waals surface area contributed by atoms with E-state index in [1.54, 1.807) is 11.8 Å². The Kier molecular flexibility index (Phi) is 4.33. The van der Waals surface area contributed by atoms with Gasteiger partial charge in [-0.3, -0.25) is 0 Å². The largest absolute Gasteiger partial charge is 0.334 e. The number of rotatable bonds is 5. The second-order valence-corrected chi connectivity index (χ2v) is 5.57. The van der Waals surface area contributed by atoms with Crippen molar-refractivity contribution >= 4 is 11.8 Å². The highest BCUT2D eigenvalue weighted by Crippen LogP contribution is 2.23. The Morgan fingerprint density at radius 1 is 1.05 bits per heavy atom. The van der Waals surface area contributed by atoms with Gasteiger partial charge in [0.1, 0.15) is 0 Å². The molecule has 0 saturated heterocycles. The number of benzene rings is 2. The van der Waals surface area contributed by atoms with Crippen molar-refractivity contribution in [1.29, 1.82) is 0 Å². The third-order valence-electron chi connectivity index (χ3n) is 2.99. The summed E-state index contributed by atoms with van der Waals surface area (Å²) >= 11 is 1.68. The van der Waals surface area contributed by atoms with E-state index in [-0.39, 0.29) is 0 Å². The van der Waals surface area contributed by atoms with Gasteiger partial charge >= 0.3 is 0 Å². The molecule has 0 saturated carbocycles. The molecule has 0 spiro atoms. The SMILES string of the molecule is NCc1cccc(-c2nc(CSc3ccccc3)no2)c1. The molecule has 0 aliphatic heterocycles. The highest BCUT2D eigenvalue weighted by molar-refractivity contribution is 7.98. The molecule has 0 amide bonds. The number of thioether (sulfide) groups is 1. The molecule has 4 nitrogen and oxygen atoms in total. The fourth-order valence-corrected chi connectivity index (χ4v) is 2.69. The Bertz CT molecular complexity index is 712. The van der Waals surface area contributed by atoms with Crippen LogP contribution in [0.5, 0.6) is 0 Å². The standard InChI is InChI=1S/C16H15N3OS/c17-10-12-5-4-6-13(9-12)16-18-15(19-20-16)11-21-14-7-2-1-3-8-14/h1-9H,10-11,17H2. The molecule has 0 aliphatic rings. The number of hydrogen-bond donors (Lipinski definition) is 1. The van der Waals surface area contributed by atoms with Crippen LogP contribution in [0.1, 0.15) is 11.4 Å². The van der Waals surface area contributed by atoms with Crippen LogP contribution < -0.4 is 5.73 Å². The summed E-state index contributed by atoms with van der Waals surface area (Å²) in [5, 5.41) is 4.02. The minimum atomic E-state index is 0.499. The highest BCUT2D eigenvalue weighted by Gasteiger charge is 2.09. The molecule has 21 heavy (non-hydrogen) atoms. The first kappa shape index (κ1) is 13.9. The first-order valence-electron chi connectivity index (χ1n) is 6.65. The second kappa shape index (κ2) is 6.56. The third-order valence-corrected chi connectivity index (χ3v) is 4.00. The summed E-state index contributed by atoms with van der Waals surface area (Å²) in [6, 6.07) is 18.0. The van der Waals surface area contributed by atoms with E-state index >= 15 is 0 Å². The Morgan fingerprint density at radius 3 is 2.71 bits per heavy atom. The maximum absolute atomic E-state index is 5.64. The lowest BCUT2D eigenvalue weighted by atomic mass is 10.1. The minimum absolute atomic E-state index is 0.499. The van der Waals surface area contributed by atoms with Crippen molar-refractivity contribution in [2.24, 2.45) is 5.73 Å². The van der Waals surface area contributed by atoms with Crippen LogP contribution in [-0.4, -0.2) is 10.1 Å². The summed E-state index contributed by atoms with van der Waals surface area (Å²) in [5.74, 6) is 1.91. The number of hydrogen-bond acceptors (Lipinski definition) is 5. The van der Waals surface area contributed by atoms with Gasteiger partial charge in [0, 0.05) is 17.0 Å². The molecule has 1 aromatic heterocycles. The molecular weight excluding hydrogens is 282 g/mol. The molecule has 0 atom stereocenters. The van der Waals surface area contributed by atoms with E-state index in [4.69, 9.17) is 10.3 Å². The van der Waals surface area contributed by atoms with Gasteiger partial charge in [-0.25, -0.2) is 0 Å². The van der Waals surface area contributed by atoms with Crippen molar-refractivity contribution in [2.45, 2.75) is 17.2 Å². The highest BCUT2D eigenvalue weighted by atomic mass is 32.2. The molecule has 0 fully saturated rings. The van der Waals surface area contributed by atoms with Crippen LogP contribution in [0.25, 0.3) is 11.5 Å². The van der Waals surface area contributed by atoms with Gasteiger partial charge < -0.3 is 10.3 Å². The third kappa shape index (κ3) is 3.51. The lowest BCUT2D eigenvalue weighted by Gasteiger charge is -1.98. The van der Waals surface area contributed by atoms with E-state index < -0.39 is 0 Å². The average molecular weight is 297 g/mol. The lowest BCUT2D eigenvalue weighted by molar-refractivity contribution is 0.425. The summed E-state index contributed by atoms with van der Waals surface area (Å²) in [5.41, 5.74) is 7.60. The Hall–Kier alpha value is -2.11. The Morgan fingerprint density at radius 2 is 1.90 bits per heavy atom. The van der Waals surface area contributed by atoms with Crippen molar-refractivity contribution in [2.75, 3.05) is 0 Å². The smallest absolute Gasteiger partial charge is 0.257 e. The van der Waals surface area contributed by atoms with E-state index in [9.17, 15) is 0 Å². The summed E-state index contributed by atoms with van der Waals surface area (Å²) in [6.45, 7) is 0.499. The van der Waals surface area contributed by atoms with Crippen molar-refractivity contribution in [3.05, 3.63) is 66.0 Å². The van der Waals surface area contributed by atoms with E-state index in [1.165, 1.54) is 4.90 Å². The molecule has 0 bridgehead atoms. The molecule has 0 unspecified atom stereocenters. The Labute approximate surface area is 127 Å². The van der Waals surface area contributed by atoms with Crippen molar-refractivity contribution < 1.29 is 4.52 Å². The van der Waals surface area contributed by atoms with Crippen molar-refractivity contribution in [1.82, 2.24) is 10.1 Å².